The maximum atomic E-state index is 9.23. The van der Waals surface area contributed by atoms with Gasteiger partial charge in [-0.1, -0.05) is 6.42 Å². The molecular formula is C10H19NO. The minimum absolute atomic E-state index is 0.153. The standard InChI is InChI=1S/C10H19NO/c1-9(12)7-11-6-5-10(8-11)3-2-4-10/h9,12H,2-8H2,1H3. The third-order valence-corrected chi connectivity index (χ3v) is 3.45. The monoisotopic (exact) mass is 169 g/mol. The van der Waals surface area contributed by atoms with Gasteiger partial charge >= 0.3 is 0 Å². The normalized spacial score (nSPS) is 30.5. The van der Waals surface area contributed by atoms with E-state index in [1.165, 1.54) is 38.8 Å². The number of likely N-dealkylation sites (tertiary alicyclic amines) is 1. The Kier molecular flexibility index (Phi) is 2.13. The van der Waals surface area contributed by atoms with E-state index >= 15 is 0 Å². The summed E-state index contributed by atoms with van der Waals surface area (Å²) in [6.07, 6.45) is 5.52. The molecule has 1 aliphatic carbocycles. The maximum absolute atomic E-state index is 9.23. The Hall–Kier alpha value is -0.0800. The van der Waals surface area contributed by atoms with Gasteiger partial charge in [0.1, 0.15) is 0 Å². The highest BCUT2D eigenvalue weighted by Crippen LogP contribution is 2.47. The third-order valence-electron chi connectivity index (χ3n) is 3.45. The van der Waals surface area contributed by atoms with E-state index in [9.17, 15) is 5.11 Å². The number of nitrogens with zero attached hydrogens (tertiary/aromatic N) is 1. The molecule has 1 heterocycles. The van der Waals surface area contributed by atoms with E-state index in [2.05, 4.69) is 4.90 Å². The van der Waals surface area contributed by atoms with Crippen LogP contribution >= 0.6 is 0 Å². The molecule has 1 spiro atoms. The molecule has 0 bridgehead atoms. The summed E-state index contributed by atoms with van der Waals surface area (Å²) >= 11 is 0. The molecule has 0 radical (unpaired) electrons. The van der Waals surface area contributed by atoms with Crippen molar-refractivity contribution in [1.29, 1.82) is 0 Å². The number of hydrogen-bond acceptors (Lipinski definition) is 2. The summed E-state index contributed by atoms with van der Waals surface area (Å²) in [6, 6.07) is 0. The first-order valence-electron chi connectivity index (χ1n) is 5.11. The molecule has 70 valence electrons. The quantitative estimate of drug-likeness (QED) is 0.672. The molecule has 1 unspecified atom stereocenters. The van der Waals surface area contributed by atoms with Crippen molar-refractivity contribution in [1.82, 2.24) is 4.90 Å². The van der Waals surface area contributed by atoms with Crippen LogP contribution in [0.4, 0.5) is 0 Å². The van der Waals surface area contributed by atoms with Gasteiger partial charge in [-0.25, -0.2) is 0 Å². The molecule has 1 atom stereocenters. The SMILES string of the molecule is CC(O)CN1CCC2(CCC2)C1. The van der Waals surface area contributed by atoms with Gasteiger partial charge in [0, 0.05) is 13.1 Å². The van der Waals surface area contributed by atoms with Crippen LogP contribution in [0.25, 0.3) is 0 Å². The first-order chi connectivity index (χ1) is 5.70. The number of aliphatic hydroxyl groups excluding tert-OH is 1. The fourth-order valence-electron chi connectivity index (χ4n) is 2.64. The minimum Gasteiger partial charge on any atom is -0.392 e. The fourth-order valence-corrected chi connectivity index (χ4v) is 2.64. The van der Waals surface area contributed by atoms with E-state index in [-0.39, 0.29) is 6.10 Å². The summed E-state index contributed by atoms with van der Waals surface area (Å²) in [4.78, 5) is 2.42. The van der Waals surface area contributed by atoms with Crippen LogP contribution in [0.1, 0.15) is 32.6 Å². The predicted octanol–water partition coefficient (Wildman–Crippen LogP) is 1.24. The Bertz CT molecular complexity index is 163. The van der Waals surface area contributed by atoms with Crippen LogP contribution in [0, 0.1) is 5.41 Å². The van der Waals surface area contributed by atoms with E-state index in [4.69, 9.17) is 0 Å². The van der Waals surface area contributed by atoms with Crippen LogP contribution in [-0.2, 0) is 0 Å². The lowest BCUT2D eigenvalue weighted by Gasteiger charge is -2.38. The van der Waals surface area contributed by atoms with Crippen LogP contribution in [-0.4, -0.2) is 35.7 Å². The summed E-state index contributed by atoms with van der Waals surface area (Å²) in [7, 11) is 0. The zero-order valence-corrected chi connectivity index (χ0v) is 7.92. The molecular weight excluding hydrogens is 150 g/mol. The maximum Gasteiger partial charge on any atom is 0.0639 e. The van der Waals surface area contributed by atoms with E-state index < -0.39 is 0 Å². The lowest BCUT2D eigenvalue weighted by atomic mass is 9.68. The van der Waals surface area contributed by atoms with Crippen molar-refractivity contribution in [2.24, 2.45) is 5.41 Å². The van der Waals surface area contributed by atoms with Crippen LogP contribution in [0.3, 0.4) is 0 Å². The highest BCUT2D eigenvalue weighted by Gasteiger charge is 2.42. The Morgan fingerprint density at radius 3 is 2.58 bits per heavy atom. The molecule has 0 aromatic rings. The second-order valence-corrected chi connectivity index (χ2v) is 4.69. The lowest BCUT2D eigenvalue weighted by Crippen LogP contribution is -2.35. The summed E-state index contributed by atoms with van der Waals surface area (Å²) < 4.78 is 0. The summed E-state index contributed by atoms with van der Waals surface area (Å²) in [5.41, 5.74) is 0.689. The number of β-amino-alcohol motifs (C(OH)–C–C–N with tert-alkyl or cyclic N) is 1. The molecule has 0 aromatic carbocycles. The summed E-state index contributed by atoms with van der Waals surface area (Å²) in [5, 5.41) is 9.23. The van der Waals surface area contributed by atoms with Gasteiger partial charge < -0.3 is 10.0 Å². The second-order valence-electron chi connectivity index (χ2n) is 4.69. The zero-order valence-electron chi connectivity index (χ0n) is 7.92. The van der Waals surface area contributed by atoms with Gasteiger partial charge in [0.05, 0.1) is 6.10 Å². The number of hydrogen-bond donors (Lipinski definition) is 1. The van der Waals surface area contributed by atoms with Crippen LogP contribution in [0.15, 0.2) is 0 Å². The molecule has 1 saturated carbocycles. The molecule has 2 fully saturated rings. The van der Waals surface area contributed by atoms with Crippen molar-refractivity contribution in [2.75, 3.05) is 19.6 Å². The molecule has 1 saturated heterocycles. The first kappa shape index (κ1) is 8.52. The van der Waals surface area contributed by atoms with Crippen molar-refractivity contribution in [3.63, 3.8) is 0 Å². The Morgan fingerprint density at radius 2 is 2.17 bits per heavy atom. The molecule has 0 amide bonds. The molecule has 0 aromatic heterocycles. The molecule has 2 aliphatic rings. The number of rotatable bonds is 2. The van der Waals surface area contributed by atoms with Crippen molar-refractivity contribution >= 4 is 0 Å². The smallest absolute Gasteiger partial charge is 0.0639 e. The zero-order chi connectivity index (χ0) is 8.60. The molecule has 2 heteroatoms. The molecule has 1 aliphatic heterocycles. The van der Waals surface area contributed by atoms with Gasteiger partial charge in [0.25, 0.3) is 0 Å². The average molecular weight is 169 g/mol. The van der Waals surface area contributed by atoms with E-state index in [0.717, 1.165) is 6.54 Å². The molecule has 12 heavy (non-hydrogen) atoms. The van der Waals surface area contributed by atoms with E-state index in [1.807, 2.05) is 6.92 Å². The van der Waals surface area contributed by atoms with Gasteiger partial charge in [-0.2, -0.15) is 0 Å². The largest absolute Gasteiger partial charge is 0.392 e. The van der Waals surface area contributed by atoms with Gasteiger partial charge in [-0.3, -0.25) is 0 Å². The fraction of sp³-hybridized carbons (Fsp3) is 1.00. The first-order valence-corrected chi connectivity index (χ1v) is 5.11. The van der Waals surface area contributed by atoms with E-state index in [1.54, 1.807) is 0 Å². The highest BCUT2D eigenvalue weighted by atomic mass is 16.3. The van der Waals surface area contributed by atoms with E-state index in [0.29, 0.717) is 5.41 Å². The van der Waals surface area contributed by atoms with Gasteiger partial charge in [-0.05, 0) is 38.1 Å². The minimum atomic E-state index is -0.153. The number of aliphatic hydroxyl groups is 1. The predicted molar refractivity (Wildman–Crippen MR) is 49.0 cm³/mol. The topological polar surface area (TPSA) is 23.5 Å². The van der Waals surface area contributed by atoms with Crippen LogP contribution in [0.2, 0.25) is 0 Å². The van der Waals surface area contributed by atoms with Gasteiger partial charge in [0.2, 0.25) is 0 Å². The molecule has 2 rings (SSSR count). The van der Waals surface area contributed by atoms with Crippen molar-refractivity contribution in [2.45, 2.75) is 38.7 Å². The lowest BCUT2D eigenvalue weighted by molar-refractivity contribution is 0.106. The average Bonchev–Trinajstić information content (AvgIpc) is 2.29. The Labute approximate surface area is 74.6 Å². The van der Waals surface area contributed by atoms with Crippen molar-refractivity contribution in [3.8, 4) is 0 Å². The van der Waals surface area contributed by atoms with Crippen LogP contribution < -0.4 is 0 Å². The van der Waals surface area contributed by atoms with Crippen LogP contribution in [0.5, 0.6) is 0 Å². The summed E-state index contributed by atoms with van der Waals surface area (Å²) in [5.74, 6) is 0. The summed E-state index contributed by atoms with van der Waals surface area (Å²) in [6.45, 7) is 5.22. The van der Waals surface area contributed by atoms with Gasteiger partial charge in [-0.15, -0.1) is 0 Å². The molecule has 1 N–H and O–H groups in total. The van der Waals surface area contributed by atoms with Crippen molar-refractivity contribution in [3.05, 3.63) is 0 Å². The molecule has 2 nitrogen and oxygen atoms in total. The highest BCUT2D eigenvalue weighted by molar-refractivity contribution is 4.95. The van der Waals surface area contributed by atoms with Gasteiger partial charge in [0.15, 0.2) is 0 Å². The second kappa shape index (κ2) is 3.00. The third kappa shape index (κ3) is 1.50. The Balaban J connectivity index is 1.81. The Morgan fingerprint density at radius 1 is 1.42 bits per heavy atom. The van der Waals surface area contributed by atoms with Crippen molar-refractivity contribution < 1.29 is 5.11 Å².